The lowest BCUT2D eigenvalue weighted by atomic mass is 10.0. The lowest BCUT2D eigenvalue weighted by molar-refractivity contribution is -0.131. The fourth-order valence-electron chi connectivity index (χ4n) is 2.99. The number of fused-ring (bicyclic) bond motifs is 1. The van der Waals surface area contributed by atoms with Gasteiger partial charge in [0.05, 0.1) is 13.2 Å². The number of rotatable bonds is 8. The molecule has 1 aliphatic rings. The van der Waals surface area contributed by atoms with Crippen LogP contribution in [0.3, 0.4) is 0 Å². The SMILES string of the molecule is CCN(Cc1cccs1)C(=O)CCCOc1ccc2c(c1)CCC(=O)N2. The largest absolute Gasteiger partial charge is 0.494 e. The first-order chi connectivity index (χ1) is 12.7. The summed E-state index contributed by atoms with van der Waals surface area (Å²) in [6, 6.07) is 9.79. The van der Waals surface area contributed by atoms with Gasteiger partial charge >= 0.3 is 0 Å². The predicted octanol–water partition coefficient (Wildman–Crippen LogP) is 3.84. The van der Waals surface area contributed by atoms with E-state index in [9.17, 15) is 9.59 Å². The highest BCUT2D eigenvalue weighted by atomic mass is 32.1. The highest BCUT2D eigenvalue weighted by Crippen LogP contribution is 2.26. The summed E-state index contributed by atoms with van der Waals surface area (Å²) in [7, 11) is 0. The van der Waals surface area contributed by atoms with Crippen molar-refractivity contribution in [2.75, 3.05) is 18.5 Å². The quantitative estimate of drug-likeness (QED) is 0.716. The number of ether oxygens (including phenoxy) is 1. The second kappa shape index (κ2) is 8.85. The second-order valence-corrected chi connectivity index (χ2v) is 7.34. The number of thiophene rings is 1. The van der Waals surface area contributed by atoms with Crippen LogP contribution in [-0.4, -0.2) is 29.9 Å². The molecule has 2 amide bonds. The van der Waals surface area contributed by atoms with Gasteiger partial charge in [-0.05, 0) is 55.0 Å². The Hall–Kier alpha value is -2.34. The van der Waals surface area contributed by atoms with E-state index in [0.29, 0.717) is 39.0 Å². The maximum atomic E-state index is 12.4. The number of nitrogens with zero attached hydrogens (tertiary/aromatic N) is 1. The number of benzene rings is 1. The Bertz CT molecular complexity index is 758. The Morgan fingerprint density at radius 3 is 2.96 bits per heavy atom. The van der Waals surface area contributed by atoms with Crippen molar-refractivity contribution >= 4 is 28.8 Å². The molecule has 3 rings (SSSR count). The minimum Gasteiger partial charge on any atom is -0.494 e. The Balaban J connectivity index is 1.43. The monoisotopic (exact) mass is 372 g/mol. The van der Waals surface area contributed by atoms with Crippen molar-refractivity contribution in [2.24, 2.45) is 0 Å². The van der Waals surface area contributed by atoms with Crippen molar-refractivity contribution in [3.8, 4) is 5.75 Å². The van der Waals surface area contributed by atoms with E-state index < -0.39 is 0 Å². The van der Waals surface area contributed by atoms with Crippen molar-refractivity contribution in [3.05, 3.63) is 46.2 Å². The summed E-state index contributed by atoms with van der Waals surface area (Å²) in [6.45, 7) is 3.92. The summed E-state index contributed by atoms with van der Waals surface area (Å²) in [4.78, 5) is 26.8. The van der Waals surface area contributed by atoms with Gasteiger partial charge in [0, 0.05) is 30.0 Å². The second-order valence-electron chi connectivity index (χ2n) is 6.31. The first-order valence-electron chi connectivity index (χ1n) is 9.01. The predicted molar refractivity (Wildman–Crippen MR) is 104 cm³/mol. The van der Waals surface area contributed by atoms with Crippen LogP contribution in [0, 0.1) is 0 Å². The number of hydrogen-bond donors (Lipinski definition) is 1. The van der Waals surface area contributed by atoms with E-state index in [0.717, 1.165) is 23.4 Å². The van der Waals surface area contributed by atoms with Gasteiger partial charge in [-0.2, -0.15) is 0 Å². The van der Waals surface area contributed by atoms with Crippen molar-refractivity contribution in [1.82, 2.24) is 4.90 Å². The van der Waals surface area contributed by atoms with Gasteiger partial charge in [0.25, 0.3) is 0 Å². The molecule has 138 valence electrons. The lowest BCUT2D eigenvalue weighted by Crippen LogP contribution is -2.30. The number of anilines is 1. The van der Waals surface area contributed by atoms with Crippen LogP contribution < -0.4 is 10.1 Å². The van der Waals surface area contributed by atoms with E-state index in [4.69, 9.17) is 4.74 Å². The fraction of sp³-hybridized carbons (Fsp3) is 0.400. The Morgan fingerprint density at radius 1 is 1.31 bits per heavy atom. The summed E-state index contributed by atoms with van der Waals surface area (Å²) in [5, 5.41) is 4.90. The molecule has 1 aromatic carbocycles. The van der Waals surface area contributed by atoms with Gasteiger partial charge in [-0.25, -0.2) is 0 Å². The molecule has 1 N–H and O–H groups in total. The Morgan fingerprint density at radius 2 is 2.19 bits per heavy atom. The molecule has 2 heterocycles. The normalized spacial score (nSPS) is 13.0. The molecule has 0 fully saturated rings. The molecule has 0 atom stereocenters. The van der Waals surface area contributed by atoms with Gasteiger partial charge < -0.3 is 15.0 Å². The molecule has 0 radical (unpaired) electrons. The van der Waals surface area contributed by atoms with Crippen molar-refractivity contribution in [3.63, 3.8) is 0 Å². The maximum Gasteiger partial charge on any atom is 0.224 e. The van der Waals surface area contributed by atoms with Crippen LogP contribution in [-0.2, 0) is 22.6 Å². The number of aryl methyl sites for hydroxylation is 1. The molecule has 0 saturated heterocycles. The molecule has 1 aliphatic heterocycles. The average Bonchev–Trinajstić information content (AvgIpc) is 3.16. The van der Waals surface area contributed by atoms with Gasteiger partial charge in [-0.15, -0.1) is 11.3 Å². The molecule has 26 heavy (non-hydrogen) atoms. The average molecular weight is 372 g/mol. The number of hydrogen-bond acceptors (Lipinski definition) is 4. The first kappa shape index (κ1) is 18.5. The van der Waals surface area contributed by atoms with Gasteiger partial charge in [0.15, 0.2) is 0 Å². The summed E-state index contributed by atoms with van der Waals surface area (Å²) in [6.07, 6.45) is 2.43. The highest BCUT2D eigenvalue weighted by molar-refractivity contribution is 7.09. The smallest absolute Gasteiger partial charge is 0.224 e. The standard InChI is InChI=1S/C20H24N2O3S/c1-2-22(14-17-5-4-12-26-17)20(24)6-3-11-25-16-8-9-18-15(13-16)7-10-19(23)21-18/h4-5,8-9,12-13H,2-3,6-7,10-11,14H2,1H3,(H,21,23). The summed E-state index contributed by atoms with van der Waals surface area (Å²) >= 11 is 1.68. The lowest BCUT2D eigenvalue weighted by Gasteiger charge is -2.20. The van der Waals surface area contributed by atoms with E-state index in [1.54, 1.807) is 11.3 Å². The zero-order valence-corrected chi connectivity index (χ0v) is 15.8. The molecule has 0 saturated carbocycles. The first-order valence-corrected chi connectivity index (χ1v) is 9.89. The van der Waals surface area contributed by atoms with E-state index in [-0.39, 0.29) is 11.8 Å². The third-order valence-electron chi connectivity index (χ3n) is 4.44. The molecule has 0 aliphatic carbocycles. The molecule has 0 bridgehead atoms. The summed E-state index contributed by atoms with van der Waals surface area (Å²) in [5.41, 5.74) is 1.97. The molecule has 0 spiro atoms. The van der Waals surface area contributed by atoms with E-state index in [1.807, 2.05) is 41.5 Å². The minimum absolute atomic E-state index is 0.0627. The van der Waals surface area contributed by atoms with Gasteiger partial charge in [0.1, 0.15) is 5.75 Å². The van der Waals surface area contributed by atoms with Crippen molar-refractivity contribution in [2.45, 2.75) is 39.2 Å². The van der Waals surface area contributed by atoms with Gasteiger partial charge in [0.2, 0.25) is 11.8 Å². The molecule has 5 nitrogen and oxygen atoms in total. The highest BCUT2D eigenvalue weighted by Gasteiger charge is 2.15. The third kappa shape index (κ3) is 4.85. The number of carbonyl (C=O) groups is 2. The van der Waals surface area contributed by atoms with E-state index in [2.05, 4.69) is 11.4 Å². The molecule has 0 unspecified atom stereocenters. The van der Waals surface area contributed by atoms with Gasteiger partial charge in [-0.1, -0.05) is 6.07 Å². The molecular weight excluding hydrogens is 348 g/mol. The van der Waals surface area contributed by atoms with Crippen LogP contribution in [0.2, 0.25) is 0 Å². The number of nitrogens with one attached hydrogen (secondary N) is 1. The van der Waals surface area contributed by atoms with Crippen LogP contribution in [0.25, 0.3) is 0 Å². The molecule has 6 heteroatoms. The van der Waals surface area contributed by atoms with E-state index in [1.165, 1.54) is 4.88 Å². The summed E-state index contributed by atoms with van der Waals surface area (Å²) in [5.74, 6) is 1.02. The molecule has 1 aromatic heterocycles. The van der Waals surface area contributed by atoms with Crippen LogP contribution >= 0.6 is 11.3 Å². The Kier molecular flexibility index (Phi) is 6.28. The Labute approximate surface area is 158 Å². The van der Waals surface area contributed by atoms with Crippen LogP contribution in [0.5, 0.6) is 5.75 Å². The number of carbonyl (C=O) groups excluding carboxylic acids is 2. The van der Waals surface area contributed by atoms with Crippen molar-refractivity contribution < 1.29 is 14.3 Å². The topological polar surface area (TPSA) is 58.6 Å². The zero-order valence-electron chi connectivity index (χ0n) is 15.0. The maximum absolute atomic E-state index is 12.4. The van der Waals surface area contributed by atoms with Crippen molar-refractivity contribution in [1.29, 1.82) is 0 Å². The summed E-state index contributed by atoms with van der Waals surface area (Å²) < 4.78 is 5.79. The minimum atomic E-state index is 0.0627. The zero-order chi connectivity index (χ0) is 18.4. The molecule has 2 aromatic rings. The third-order valence-corrected chi connectivity index (χ3v) is 5.30. The van der Waals surface area contributed by atoms with E-state index >= 15 is 0 Å². The van der Waals surface area contributed by atoms with Crippen LogP contribution in [0.4, 0.5) is 5.69 Å². The van der Waals surface area contributed by atoms with Gasteiger partial charge in [-0.3, -0.25) is 9.59 Å². The van der Waals surface area contributed by atoms with Crippen LogP contribution in [0.1, 0.15) is 36.6 Å². The fourth-order valence-corrected chi connectivity index (χ4v) is 3.71. The number of amides is 2. The van der Waals surface area contributed by atoms with Crippen LogP contribution in [0.15, 0.2) is 35.7 Å². The molecular formula is C20H24N2O3S.